The van der Waals surface area contributed by atoms with E-state index in [1.165, 1.54) is 17.5 Å². The van der Waals surface area contributed by atoms with Gasteiger partial charge in [0.15, 0.2) is 0 Å². The van der Waals surface area contributed by atoms with Gasteiger partial charge in [-0.05, 0) is 104 Å². The molecule has 3 aliphatic carbocycles. The number of aryl methyl sites for hydroxylation is 1. The topological polar surface area (TPSA) is 158 Å². The summed E-state index contributed by atoms with van der Waals surface area (Å²) in [7, 11) is 0. The highest BCUT2D eigenvalue weighted by Gasteiger charge is 2.54. The summed E-state index contributed by atoms with van der Waals surface area (Å²) < 4.78 is 17.0. The highest BCUT2D eigenvalue weighted by molar-refractivity contribution is 6.01. The molecule has 1 aromatic rings. The first kappa shape index (κ1) is 39.8. The standard InChI is InChI=1S/C40H58N2O10/c1-40-20-18-32-31-13-11-30(27-28(31)10-12-33(32)34(40)14-15-35(40)44)51-23-19-36(45)41-21-24-50-26-25-49-22-6-8-29(43)7-4-2-3-5-9-39(48)52-42-37(46)16-17-38(42)47/h11,13,27,32-35,44H,2-10,12,14-26H2,1H3,(H,41,45). The number of Topliss-reactive ketones (excluding diaryl/α,β-unsaturated/α-hetero) is 1. The zero-order chi connectivity index (χ0) is 36.9. The minimum atomic E-state index is -0.590. The van der Waals surface area contributed by atoms with Crippen LogP contribution in [-0.2, 0) is 44.7 Å². The lowest BCUT2D eigenvalue weighted by Gasteiger charge is -2.50. The first-order valence-electron chi connectivity index (χ1n) is 19.6. The molecule has 3 amide bonds. The predicted octanol–water partition coefficient (Wildman–Crippen LogP) is 5.12. The molecule has 4 aliphatic rings. The van der Waals surface area contributed by atoms with Crippen molar-refractivity contribution in [2.75, 3.05) is 39.6 Å². The quantitative estimate of drug-likeness (QED) is 0.121. The van der Waals surface area contributed by atoms with Crippen molar-refractivity contribution in [1.82, 2.24) is 10.4 Å². The number of carbonyl (C=O) groups is 5. The van der Waals surface area contributed by atoms with Crippen LogP contribution in [0.5, 0.6) is 5.75 Å². The van der Waals surface area contributed by atoms with E-state index in [-0.39, 0.29) is 48.9 Å². The van der Waals surface area contributed by atoms with Crippen molar-refractivity contribution in [3.05, 3.63) is 29.3 Å². The molecular weight excluding hydrogens is 668 g/mol. The van der Waals surface area contributed by atoms with E-state index in [9.17, 15) is 29.1 Å². The second-order valence-corrected chi connectivity index (χ2v) is 15.2. The lowest BCUT2D eigenvalue weighted by molar-refractivity contribution is -0.197. The molecule has 5 atom stereocenters. The van der Waals surface area contributed by atoms with Crippen LogP contribution in [0.15, 0.2) is 18.2 Å². The van der Waals surface area contributed by atoms with Gasteiger partial charge in [0, 0.05) is 45.3 Å². The molecule has 0 spiro atoms. The SMILES string of the molecule is CC12CCC3c4ccc(OCCC(=O)NCCOCCOCCCC(=O)CCCCCCC(=O)ON5C(=O)CCC5=O)cc4CCC3C1CCC2O. The number of nitrogens with zero attached hydrogens (tertiary/aromatic N) is 1. The van der Waals surface area contributed by atoms with E-state index in [2.05, 4.69) is 24.4 Å². The Bertz CT molecular complexity index is 1380. The number of carbonyl (C=O) groups excluding carboxylic acids is 5. The molecule has 2 saturated carbocycles. The number of unbranched alkanes of at least 4 members (excludes halogenated alkanes) is 3. The number of ketones is 1. The molecule has 52 heavy (non-hydrogen) atoms. The van der Waals surface area contributed by atoms with Crippen molar-refractivity contribution in [3.63, 3.8) is 0 Å². The van der Waals surface area contributed by atoms with Gasteiger partial charge in [0.2, 0.25) is 5.91 Å². The summed E-state index contributed by atoms with van der Waals surface area (Å²) in [6.07, 6.45) is 11.5. The van der Waals surface area contributed by atoms with Crippen molar-refractivity contribution in [3.8, 4) is 5.75 Å². The Balaban J connectivity index is 0.804. The van der Waals surface area contributed by atoms with Crippen LogP contribution in [-0.4, -0.2) is 85.3 Å². The van der Waals surface area contributed by atoms with Gasteiger partial charge < -0.3 is 29.5 Å². The molecule has 0 bridgehead atoms. The molecule has 0 aromatic heterocycles. The number of nitrogens with one attached hydrogen (secondary N) is 1. The number of hydrogen-bond acceptors (Lipinski definition) is 10. The minimum Gasteiger partial charge on any atom is -0.493 e. The third-order valence-electron chi connectivity index (χ3n) is 11.7. The van der Waals surface area contributed by atoms with Crippen LogP contribution < -0.4 is 10.1 Å². The van der Waals surface area contributed by atoms with Crippen molar-refractivity contribution in [2.24, 2.45) is 17.3 Å². The van der Waals surface area contributed by atoms with Crippen LogP contribution >= 0.6 is 0 Å². The highest BCUT2D eigenvalue weighted by atomic mass is 16.7. The fourth-order valence-corrected chi connectivity index (χ4v) is 8.80. The zero-order valence-corrected chi connectivity index (χ0v) is 30.9. The van der Waals surface area contributed by atoms with Gasteiger partial charge in [0.05, 0.1) is 39.0 Å². The van der Waals surface area contributed by atoms with Gasteiger partial charge in [-0.25, -0.2) is 4.79 Å². The molecule has 1 heterocycles. The summed E-state index contributed by atoms with van der Waals surface area (Å²) in [6, 6.07) is 6.45. The van der Waals surface area contributed by atoms with Crippen LogP contribution in [0.2, 0.25) is 0 Å². The molecule has 1 aromatic carbocycles. The lowest BCUT2D eigenvalue weighted by atomic mass is 9.55. The molecule has 288 valence electrons. The van der Waals surface area contributed by atoms with Crippen molar-refractivity contribution in [1.29, 1.82) is 0 Å². The highest BCUT2D eigenvalue weighted by Crippen LogP contribution is 2.60. The van der Waals surface area contributed by atoms with Gasteiger partial charge >= 0.3 is 5.97 Å². The first-order valence-corrected chi connectivity index (χ1v) is 19.6. The Morgan fingerprint density at radius 2 is 1.56 bits per heavy atom. The molecule has 1 saturated heterocycles. The summed E-state index contributed by atoms with van der Waals surface area (Å²) in [5.41, 5.74) is 2.92. The van der Waals surface area contributed by atoms with E-state index >= 15 is 0 Å². The first-order chi connectivity index (χ1) is 25.2. The smallest absolute Gasteiger partial charge is 0.333 e. The number of ether oxygens (including phenoxy) is 3. The number of aliphatic hydroxyl groups excluding tert-OH is 1. The van der Waals surface area contributed by atoms with Crippen molar-refractivity contribution < 1.29 is 48.1 Å². The van der Waals surface area contributed by atoms with Gasteiger partial charge in [0.1, 0.15) is 11.5 Å². The summed E-state index contributed by atoms with van der Waals surface area (Å²) in [5, 5.41) is 14.1. The van der Waals surface area contributed by atoms with Gasteiger partial charge in [-0.15, -0.1) is 5.06 Å². The van der Waals surface area contributed by atoms with Gasteiger partial charge in [0.25, 0.3) is 11.8 Å². The Labute approximate surface area is 307 Å². The molecule has 12 heteroatoms. The summed E-state index contributed by atoms with van der Waals surface area (Å²) in [4.78, 5) is 64.0. The zero-order valence-electron chi connectivity index (χ0n) is 30.9. The van der Waals surface area contributed by atoms with E-state index in [0.717, 1.165) is 57.1 Å². The largest absolute Gasteiger partial charge is 0.493 e. The summed E-state index contributed by atoms with van der Waals surface area (Å²) >= 11 is 0. The van der Waals surface area contributed by atoms with Crippen LogP contribution in [0, 0.1) is 17.3 Å². The molecule has 5 rings (SSSR count). The maximum absolute atomic E-state index is 12.3. The number of hydroxylamine groups is 2. The fourth-order valence-electron chi connectivity index (χ4n) is 8.80. The van der Waals surface area contributed by atoms with E-state index < -0.39 is 17.8 Å². The van der Waals surface area contributed by atoms with Crippen LogP contribution in [0.3, 0.4) is 0 Å². The molecule has 3 fully saturated rings. The summed E-state index contributed by atoms with van der Waals surface area (Å²) in [5.74, 6) is 1.24. The van der Waals surface area contributed by atoms with Crippen LogP contribution in [0.1, 0.15) is 127 Å². The van der Waals surface area contributed by atoms with Gasteiger partial charge in [-0.3, -0.25) is 19.2 Å². The number of benzene rings is 1. The Hall–Kier alpha value is -3.35. The minimum absolute atomic E-state index is 0.0775. The third kappa shape index (κ3) is 10.9. The van der Waals surface area contributed by atoms with E-state index in [1.54, 1.807) is 0 Å². The number of rotatable bonds is 22. The number of amides is 3. The molecule has 12 nitrogen and oxygen atoms in total. The number of imide groups is 1. The Kier molecular flexibility index (Phi) is 15.1. The third-order valence-corrected chi connectivity index (χ3v) is 11.7. The number of fused-ring (bicyclic) bond motifs is 5. The van der Waals surface area contributed by atoms with Crippen molar-refractivity contribution >= 4 is 29.5 Å². The lowest BCUT2D eigenvalue weighted by Crippen LogP contribution is -2.43. The Morgan fingerprint density at radius 3 is 2.35 bits per heavy atom. The maximum atomic E-state index is 12.3. The number of hydrogen-bond donors (Lipinski definition) is 2. The second-order valence-electron chi connectivity index (χ2n) is 15.2. The molecule has 2 N–H and O–H groups in total. The predicted molar refractivity (Wildman–Crippen MR) is 191 cm³/mol. The van der Waals surface area contributed by atoms with E-state index in [0.29, 0.717) is 88.1 Å². The molecule has 1 aliphatic heterocycles. The average Bonchev–Trinajstić information content (AvgIpc) is 3.62. The maximum Gasteiger partial charge on any atom is 0.333 e. The van der Waals surface area contributed by atoms with Gasteiger partial charge in [-0.2, -0.15) is 0 Å². The van der Waals surface area contributed by atoms with E-state index in [1.807, 2.05) is 6.07 Å². The fraction of sp³-hybridized carbons (Fsp3) is 0.725. The van der Waals surface area contributed by atoms with Crippen LogP contribution in [0.25, 0.3) is 0 Å². The van der Waals surface area contributed by atoms with E-state index in [4.69, 9.17) is 19.0 Å². The second kappa shape index (κ2) is 19.6. The molecular formula is C40H58N2O10. The van der Waals surface area contributed by atoms with Gasteiger partial charge in [-0.1, -0.05) is 25.8 Å². The molecule has 5 unspecified atom stereocenters. The summed E-state index contributed by atoms with van der Waals surface area (Å²) in [6.45, 7) is 4.74. The Morgan fingerprint density at radius 1 is 0.827 bits per heavy atom. The molecule has 0 radical (unpaired) electrons. The van der Waals surface area contributed by atoms with Crippen molar-refractivity contribution in [2.45, 2.75) is 128 Å². The number of aliphatic hydroxyl groups is 1. The normalized spacial score (nSPS) is 25.0. The van der Waals surface area contributed by atoms with Crippen LogP contribution in [0.4, 0.5) is 0 Å². The average molecular weight is 727 g/mol. The monoisotopic (exact) mass is 726 g/mol.